The average molecular weight is 356 g/mol. The van der Waals surface area contributed by atoms with Crippen molar-refractivity contribution in [3.8, 4) is 11.5 Å². The number of carbonyl (C=O) groups is 1. The van der Waals surface area contributed by atoms with E-state index < -0.39 is 0 Å². The Kier molecular flexibility index (Phi) is 5.06. The lowest BCUT2D eigenvalue weighted by Crippen LogP contribution is -2.35. The predicted molar refractivity (Wildman–Crippen MR) is 96.4 cm³/mol. The zero-order chi connectivity index (χ0) is 17.8. The normalized spacial score (nSPS) is 17.3. The summed E-state index contributed by atoms with van der Waals surface area (Å²) in [5.74, 6) is 1.44. The number of hydrogen-bond donors (Lipinski definition) is 0. The molecule has 1 amide bonds. The lowest BCUT2D eigenvalue weighted by atomic mass is 10.1. The van der Waals surface area contributed by atoms with E-state index in [1.54, 1.807) is 6.07 Å². The minimum atomic E-state index is 0.0727. The number of imidazole rings is 1. The molecule has 0 spiro atoms. The van der Waals surface area contributed by atoms with Crippen LogP contribution >= 0.6 is 0 Å². The molecule has 3 heterocycles. The predicted octanol–water partition coefficient (Wildman–Crippen LogP) is 1.85. The third-order valence-electron chi connectivity index (χ3n) is 4.95. The Labute approximate surface area is 153 Å². The topological polar surface area (TPSA) is 59.8 Å². The Bertz CT molecular complexity index is 747. The summed E-state index contributed by atoms with van der Waals surface area (Å²) in [5.41, 5.74) is 0.669. The number of carbonyl (C=O) groups excluding carboxylic acids is 1. The number of rotatable bonds is 5. The van der Waals surface area contributed by atoms with E-state index in [1.807, 2.05) is 35.8 Å². The van der Waals surface area contributed by atoms with Crippen molar-refractivity contribution in [2.75, 3.05) is 39.5 Å². The van der Waals surface area contributed by atoms with Crippen LogP contribution in [0.25, 0.3) is 0 Å². The summed E-state index contributed by atoms with van der Waals surface area (Å²) >= 11 is 0. The molecule has 7 nitrogen and oxygen atoms in total. The molecule has 2 aliphatic heterocycles. The second kappa shape index (κ2) is 7.78. The molecule has 0 radical (unpaired) electrons. The number of aromatic nitrogens is 2. The fraction of sp³-hybridized carbons (Fsp3) is 0.474. The molecule has 138 valence electrons. The van der Waals surface area contributed by atoms with Gasteiger partial charge in [0.2, 0.25) is 6.79 Å². The summed E-state index contributed by atoms with van der Waals surface area (Å²) in [5, 5.41) is 0. The first-order valence-corrected chi connectivity index (χ1v) is 9.16. The quantitative estimate of drug-likeness (QED) is 0.818. The van der Waals surface area contributed by atoms with Crippen LogP contribution in [0.5, 0.6) is 11.5 Å². The van der Waals surface area contributed by atoms with Crippen molar-refractivity contribution in [2.45, 2.75) is 19.4 Å². The standard InChI is InChI=1S/C19H24N4O3/c24-19(16-3-4-17-18(13-16)26-15-25-17)23-9-2-7-21(11-12-23)6-1-8-22-10-5-20-14-22/h3-5,10,13-14H,1-2,6-9,11-12,15H2. The maximum atomic E-state index is 12.8. The molecule has 7 heteroatoms. The van der Waals surface area contributed by atoms with Gasteiger partial charge in [0.05, 0.1) is 6.33 Å². The molecule has 1 aromatic carbocycles. The molecule has 0 saturated carbocycles. The Morgan fingerprint density at radius 1 is 1.08 bits per heavy atom. The summed E-state index contributed by atoms with van der Waals surface area (Å²) in [6, 6.07) is 5.43. The van der Waals surface area contributed by atoms with Crippen LogP contribution in [0.4, 0.5) is 0 Å². The van der Waals surface area contributed by atoms with E-state index in [-0.39, 0.29) is 12.7 Å². The molecule has 0 atom stereocenters. The van der Waals surface area contributed by atoms with Gasteiger partial charge in [-0.15, -0.1) is 0 Å². The van der Waals surface area contributed by atoms with Crippen molar-refractivity contribution in [2.24, 2.45) is 0 Å². The molecule has 1 saturated heterocycles. The molecule has 0 bridgehead atoms. The summed E-state index contributed by atoms with van der Waals surface area (Å²) in [6.07, 6.45) is 7.75. The summed E-state index contributed by atoms with van der Waals surface area (Å²) in [4.78, 5) is 21.3. The number of hydrogen-bond acceptors (Lipinski definition) is 5. The fourth-order valence-electron chi connectivity index (χ4n) is 3.51. The lowest BCUT2D eigenvalue weighted by molar-refractivity contribution is 0.0761. The molecule has 1 aromatic heterocycles. The number of benzene rings is 1. The highest BCUT2D eigenvalue weighted by molar-refractivity contribution is 5.95. The maximum absolute atomic E-state index is 12.8. The summed E-state index contributed by atoms with van der Waals surface area (Å²) < 4.78 is 12.8. The molecular formula is C19H24N4O3. The van der Waals surface area contributed by atoms with Gasteiger partial charge in [-0.05, 0) is 44.1 Å². The first kappa shape index (κ1) is 16.9. The van der Waals surface area contributed by atoms with Gasteiger partial charge in [-0.2, -0.15) is 0 Å². The van der Waals surface area contributed by atoms with Crippen molar-refractivity contribution >= 4 is 5.91 Å². The van der Waals surface area contributed by atoms with Gasteiger partial charge in [-0.3, -0.25) is 4.79 Å². The molecule has 2 aliphatic rings. The van der Waals surface area contributed by atoms with Crippen molar-refractivity contribution in [3.63, 3.8) is 0 Å². The van der Waals surface area contributed by atoms with Crippen LogP contribution in [0.2, 0.25) is 0 Å². The molecule has 26 heavy (non-hydrogen) atoms. The first-order chi connectivity index (χ1) is 12.8. The molecule has 2 aromatic rings. The minimum Gasteiger partial charge on any atom is -0.454 e. The van der Waals surface area contributed by atoms with Crippen LogP contribution in [0.15, 0.2) is 36.9 Å². The highest BCUT2D eigenvalue weighted by Crippen LogP contribution is 2.32. The second-order valence-electron chi connectivity index (χ2n) is 6.71. The Morgan fingerprint density at radius 3 is 2.88 bits per heavy atom. The molecular weight excluding hydrogens is 332 g/mol. The molecule has 0 aliphatic carbocycles. The van der Waals surface area contributed by atoms with E-state index in [4.69, 9.17) is 9.47 Å². The van der Waals surface area contributed by atoms with E-state index in [0.717, 1.165) is 52.1 Å². The Hall–Kier alpha value is -2.54. The summed E-state index contributed by atoms with van der Waals surface area (Å²) in [6.45, 7) is 5.77. The molecule has 0 unspecified atom stereocenters. The average Bonchev–Trinajstić information content (AvgIpc) is 3.29. The number of aryl methyl sites for hydroxylation is 1. The second-order valence-corrected chi connectivity index (χ2v) is 6.71. The summed E-state index contributed by atoms with van der Waals surface area (Å²) in [7, 11) is 0. The third-order valence-corrected chi connectivity index (χ3v) is 4.95. The highest BCUT2D eigenvalue weighted by atomic mass is 16.7. The van der Waals surface area contributed by atoms with Crippen molar-refractivity contribution in [1.29, 1.82) is 0 Å². The van der Waals surface area contributed by atoms with Crippen LogP contribution in [-0.2, 0) is 6.54 Å². The van der Waals surface area contributed by atoms with Gasteiger partial charge in [0.25, 0.3) is 5.91 Å². The Morgan fingerprint density at radius 2 is 2.00 bits per heavy atom. The van der Waals surface area contributed by atoms with Crippen LogP contribution in [0.3, 0.4) is 0 Å². The monoisotopic (exact) mass is 356 g/mol. The smallest absolute Gasteiger partial charge is 0.254 e. The van der Waals surface area contributed by atoms with Crippen LogP contribution < -0.4 is 9.47 Å². The van der Waals surface area contributed by atoms with Gasteiger partial charge in [0.15, 0.2) is 11.5 Å². The van der Waals surface area contributed by atoms with E-state index in [2.05, 4.69) is 14.5 Å². The van der Waals surface area contributed by atoms with E-state index >= 15 is 0 Å². The van der Waals surface area contributed by atoms with E-state index in [9.17, 15) is 4.79 Å². The third kappa shape index (κ3) is 3.83. The SMILES string of the molecule is O=C(c1ccc2c(c1)OCO2)N1CCCN(CCCn2ccnc2)CC1. The zero-order valence-electron chi connectivity index (χ0n) is 14.8. The largest absolute Gasteiger partial charge is 0.454 e. The molecule has 4 rings (SSSR count). The lowest BCUT2D eigenvalue weighted by Gasteiger charge is -2.22. The van der Waals surface area contributed by atoms with Gasteiger partial charge < -0.3 is 23.8 Å². The van der Waals surface area contributed by atoms with Crippen molar-refractivity contribution in [3.05, 3.63) is 42.5 Å². The highest BCUT2D eigenvalue weighted by Gasteiger charge is 2.22. The van der Waals surface area contributed by atoms with Gasteiger partial charge >= 0.3 is 0 Å². The van der Waals surface area contributed by atoms with Gasteiger partial charge in [-0.25, -0.2) is 4.98 Å². The van der Waals surface area contributed by atoms with Crippen LogP contribution in [0.1, 0.15) is 23.2 Å². The molecule has 1 fully saturated rings. The number of ether oxygens (including phenoxy) is 2. The van der Waals surface area contributed by atoms with Gasteiger partial charge in [0, 0.05) is 44.1 Å². The van der Waals surface area contributed by atoms with Gasteiger partial charge in [0.1, 0.15) is 0 Å². The fourth-order valence-corrected chi connectivity index (χ4v) is 3.51. The van der Waals surface area contributed by atoms with Crippen molar-refractivity contribution in [1.82, 2.24) is 19.4 Å². The van der Waals surface area contributed by atoms with Crippen LogP contribution in [-0.4, -0.2) is 64.8 Å². The number of amides is 1. The molecule has 0 N–H and O–H groups in total. The van der Waals surface area contributed by atoms with E-state index in [1.165, 1.54) is 0 Å². The number of fused-ring (bicyclic) bond motifs is 1. The minimum absolute atomic E-state index is 0.0727. The van der Waals surface area contributed by atoms with E-state index in [0.29, 0.717) is 17.1 Å². The van der Waals surface area contributed by atoms with Crippen molar-refractivity contribution < 1.29 is 14.3 Å². The first-order valence-electron chi connectivity index (χ1n) is 9.16. The Balaban J connectivity index is 1.29. The maximum Gasteiger partial charge on any atom is 0.254 e. The van der Waals surface area contributed by atoms with Crippen LogP contribution in [0, 0.1) is 0 Å². The zero-order valence-corrected chi connectivity index (χ0v) is 14.8. The van der Waals surface area contributed by atoms with Gasteiger partial charge in [-0.1, -0.05) is 0 Å². The number of nitrogens with zero attached hydrogens (tertiary/aromatic N) is 4.